The maximum Gasteiger partial charge on any atom is 0.219 e. The van der Waals surface area contributed by atoms with Crippen LogP contribution in [-0.2, 0) is 72.4 Å². The molecule has 0 bridgehead atoms. The minimum atomic E-state index is -0.123. The Morgan fingerprint density at radius 3 is 1.32 bits per heavy atom. The molecule has 1 fully saturated rings. The number of nitrogens with one attached hydrogen (secondary N) is 1. The molecule has 0 aliphatic carbocycles. The molecule has 0 saturated carbocycles. The van der Waals surface area contributed by atoms with Crippen LogP contribution in [0.4, 0.5) is 5.82 Å². The average molecular weight is 1620 g/mol. The van der Waals surface area contributed by atoms with Crippen LogP contribution in [0.2, 0.25) is 5.15 Å². The van der Waals surface area contributed by atoms with Gasteiger partial charge in [0.05, 0.1) is 122 Å². The van der Waals surface area contributed by atoms with Crippen molar-refractivity contribution in [2.45, 2.75) is 112 Å². The molecule has 622 valence electrons. The number of nitrogens with zero attached hydrogens (tertiary/aromatic N) is 4. The number of amides is 1. The molecule has 3 aromatic heterocycles. The molecule has 0 unspecified atom stereocenters. The first-order valence-corrected chi connectivity index (χ1v) is 38.8. The predicted molar refractivity (Wildman–Crippen MR) is 452 cm³/mol. The first-order valence-electron chi connectivity index (χ1n) is 38.5. The summed E-state index contributed by atoms with van der Waals surface area (Å²) in [5, 5.41) is 3.31. The van der Waals surface area contributed by atoms with Crippen molar-refractivity contribution >= 4 is 29.0 Å². The number of anilines is 1. The number of hydrogen-bond donors (Lipinski definition) is 3. The van der Waals surface area contributed by atoms with Crippen LogP contribution < -0.4 is 94.6 Å². The van der Waals surface area contributed by atoms with Gasteiger partial charge in [-0.15, -0.1) is 0 Å². The highest BCUT2D eigenvalue weighted by Gasteiger charge is 2.29. The van der Waals surface area contributed by atoms with Crippen LogP contribution >= 0.6 is 11.6 Å². The van der Waals surface area contributed by atoms with E-state index >= 15 is 0 Å². The number of methoxy groups -OCH3 is 12. The van der Waals surface area contributed by atoms with Gasteiger partial charge in [-0.3, -0.25) is 24.2 Å². The molecule has 5 N–H and O–H groups in total. The Balaban J connectivity index is 0.000000162. The van der Waals surface area contributed by atoms with Crippen LogP contribution in [0.15, 0.2) is 123 Å². The van der Waals surface area contributed by atoms with Gasteiger partial charge in [0.1, 0.15) is 23.7 Å². The lowest BCUT2D eigenvalue weighted by Gasteiger charge is -2.28. The van der Waals surface area contributed by atoms with Crippen molar-refractivity contribution in [3.8, 4) is 109 Å². The van der Waals surface area contributed by atoms with Crippen molar-refractivity contribution < 1.29 is 75.8 Å². The lowest BCUT2D eigenvalue weighted by Crippen LogP contribution is -2.34. The molecular formula is C89H110ClN7O19. The first-order chi connectivity index (χ1) is 56.1. The summed E-state index contributed by atoms with van der Waals surface area (Å²) in [6, 6.07) is 32.0. The molecule has 1 amide bonds. The van der Waals surface area contributed by atoms with E-state index in [1.807, 2.05) is 116 Å². The number of fused-ring (bicyclic) bond motifs is 10. The summed E-state index contributed by atoms with van der Waals surface area (Å²) in [6.07, 6.45) is 6.48. The number of halogens is 1. The molecule has 0 radical (unpaired) electrons. The molecule has 26 nitrogen and oxygen atoms in total. The standard InChI is InChI=1S/C21H25NO6.C16H16ClNO3.C16H18N2O3.C13H19NO3.C13H17NO2.C10H15NO2/c1-13-17(23)10-20(28-12-15-11-26-6-7-27-15)22-5-4-14-8-18(24-2)19(25-3)9-16(14)21(13)22;2*1-9-12(19)8-15(17)18-5-4-10-6-13(20-2)14(21-3)7-11(10)16(9)18;1-4-13(15)14-8-7-10-5-6-11(16-2)12(9-10)17-3;1-4-11-10-8-13(16-3)12(15-2)7-9(10)5-6-14-11;1-12-9-4-3-8(5-6-11)7-10(9)13-2/h8-10,15H,4-7,11-12H2,1-3H3;6-8H,4-5H2,1-3H3;6-8H,4-5,17H2,1-3H3;5-6,9H,4,7-8H2,1-3H3,(H,14,15);7-8H,4-6H2,1-3H3;3-4,7H,5-6,11H2,1-2H3/t15-;;;;;/m0...../s1. The van der Waals surface area contributed by atoms with Gasteiger partial charge in [-0.05, 0) is 178 Å². The average Bonchev–Trinajstić information content (AvgIpc) is 0.773. The maximum atomic E-state index is 12.6. The molecule has 5 aliphatic heterocycles. The minimum absolute atomic E-state index is 0.0404. The predicted octanol–water partition coefficient (Wildman–Crippen LogP) is 12.7. The summed E-state index contributed by atoms with van der Waals surface area (Å²) in [5.74, 6) is 9.69. The molecule has 14 rings (SSSR count). The summed E-state index contributed by atoms with van der Waals surface area (Å²) < 4.78 is 86.7. The maximum absolute atomic E-state index is 12.6. The summed E-state index contributed by atoms with van der Waals surface area (Å²) in [4.78, 5) is 52.4. The summed E-state index contributed by atoms with van der Waals surface area (Å²) in [6.45, 7) is 15.9. The Kier molecular flexibility index (Phi) is 32.3. The van der Waals surface area contributed by atoms with E-state index in [1.54, 1.807) is 91.4 Å². The number of carbonyl (C=O) groups is 1. The Bertz CT molecular complexity index is 5010. The van der Waals surface area contributed by atoms with E-state index < -0.39 is 0 Å². The van der Waals surface area contributed by atoms with Crippen LogP contribution in [0, 0.1) is 20.8 Å². The molecule has 0 spiro atoms. The lowest BCUT2D eigenvalue weighted by atomic mass is 9.94. The summed E-state index contributed by atoms with van der Waals surface area (Å²) >= 11 is 6.23. The fourth-order valence-corrected chi connectivity index (χ4v) is 14.7. The Morgan fingerprint density at radius 1 is 0.483 bits per heavy atom. The molecule has 6 aromatic carbocycles. The number of aliphatic imine (C=N–C) groups is 1. The summed E-state index contributed by atoms with van der Waals surface area (Å²) in [7, 11) is 19.5. The quantitative estimate of drug-likeness (QED) is 0.0531. The Labute approximate surface area is 683 Å². The van der Waals surface area contributed by atoms with Crippen molar-refractivity contribution in [3.05, 3.63) is 195 Å². The van der Waals surface area contributed by atoms with Crippen molar-refractivity contribution in [1.29, 1.82) is 0 Å². The SMILES string of the molecule is CCC(=O)NCCc1ccc(OC)c(OC)c1.CCC1=NCCc2cc(OC)c(OC)cc21.COc1cc2c(cc1OC)-c1c(C)c(=O)cc(Cl)n1CC2.COc1cc2c(cc1OC)-c1c(C)c(=O)cc(N)n1CC2.COc1cc2c(cc1OC)-c1c(C)c(=O)cc(OC[C@@H]3COCCO3)n1CC2.COc1ccc(CCN)cc1OC. The molecule has 27 heteroatoms. The van der Waals surface area contributed by atoms with Crippen LogP contribution in [0.25, 0.3) is 33.8 Å². The highest BCUT2D eigenvalue weighted by Crippen LogP contribution is 2.44. The van der Waals surface area contributed by atoms with Gasteiger partial charge in [0, 0.05) is 102 Å². The van der Waals surface area contributed by atoms with Gasteiger partial charge >= 0.3 is 0 Å². The van der Waals surface area contributed by atoms with E-state index in [4.69, 9.17) is 94.1 Å². The third-order valence-electron chi connectivity index (χ3n) is 20.6. The Hall–Kier alpha value is -11.3. The molecule has 1 saturated heterocycles. The van der Waals surface area contributed by atoms with Crippen LogP contribution in [0.1, 0.15) is 82.3 Å². The molecule has 5 aliphatic rings. The van der Waals surface area contributed by atoms with E-state index in [1.165, 1.54) is 34.5 Å². The second-order valence-electron chi connectivity index (χ2n) is 27.4. The number of pyridine rings is 3. The first kappa shape index (κ1) is 88.6. The second kappa shape index (κ2) is 42.3. The van der Waals surface area contributed by atoms with Crippen LogP contribution in [0.5, 0.6) is 74.9 Å². The lowest BCUT2D eigenvalue weighted by molar-refractivity contribution is -0.120. The zero-order valence-corrected chi connectivity index (χ0v) is 70.5. The molecule has 8 heterocycles. The van der Waals surface area contributed by atoms with E-state index in [0.29, 0.717) is 125 Å². The fraction of sp³-hybridized carbons (Fsp3) is 0.404. The number of aryl methyl sites for hydroxylation is 3. The van der Waals surface area contributed by atoms with Gasteiger partial charge in [-0.2, -0.15) is 0 Å². The normalized spacial score (nSPS) is 13.4. The van der Waals surface area contributed by atoms with Crippen molar-refractivity contribution in [2.75, 3.05) is 137 Å². The number of nitrogen functional groups attached to an aromatic ring is 1. The molecule has 1 atom stereocenters. The van der Waals surface area contributed by atoms with E-state index in [0.717, 1.165) is 150 Å². The molecule has 9 aromatic rings. The van der Waals surface area contributed by atoms with Gasteiger partial charge in [0.15, 0.2) is 91.2 Å². The van der Waals surface area contributed by atoms with Crippen molar-refractivity contribution in [3.63, 3.8) is 0 Å². The number of hydrogen-bond acceptors (Lipinski definition) is 22. The van der Waals surface area contributed by atoms with Gasteiger partial charge in [0.2, 0.25) is 5.91 Å². The van der Waals surface area contributed by atoms with Crippen LogP contribution in [-0.4, -0.2) is 163 Å². The highest BCUT2D eigenvalue weighted by atomic mass is 35.5. The number of nitrogens with two attached hydrogens (primary N) is 2. The van der Waals surface area contributed by atoms with Gasteiger partial charge < -0.3 is 102 Å². The molecular weight excluding hydrogens is 1510 g/mol. The van der Waals surface area contributed by atoms with Gasteiger partial charge in [-0.25, -0.2) is 0 Å². The van der Waals surface area contributed by atoms with E-state index in [-0.39, 0.29) is 28.3 Å². The smallest absolute Gasteiger partial charge is 0.219 e. The van der Waals surface area contributed by atoms with Gasteiger partial charge in [-0.1, -0.05) is 37.6 Å². The van der Waals surface area contributed by atoms with Gasteiger partial charge in [0.25, 0.3) is 0 Å². The third-order valence-corrected chi connectivity index (χ3v) is 21.0. The largest absolute Gasteiger partial charge is 0.493 e. The number of aromatic nitrogens is 3. The number of benzene rings is 6. The number of ether oxygens (including phenoxy) is 15. The third kappa shape index (κ3) is 20.8. The number of carbonyl (C=O) groups excluding carboxylic acids is 1. The fourth-order valence-electron chi connectivity index (χ4n) is 14.4. The van der Waals surface area contributed by atoms with E-state index in [9.17, 15) is 19.2 Å². The minimum Gasteiger partial charge on any atom is -0.493 e. The second-order valence-corrected chi connectivity index (χ2v) is 27.8. The monoisotopic (exact) mass is 1620 g/mol. The van der Waals surface area contributed by atoms with Crippen LogP contribution in [0.3, 0.4) is 0 Å². The topological polar surface area (TPSA) is 298 Å². The zero-order valence-electron chi connectivity index (χ0n) is 69.7. The van der Waals surface area contributed by atoms with Crippen molar-refractivity contribution in [1.82, 2.24) is 19.0 Å². The zero-order chi connectivity index (χ0) is 83.9. The summed E-state index contributed by atoms with van der Waals surface area (Å²) in [5.41, 5.74) is 28.3. The Morgan fingerprint density at radius 2 is 0.879 bits per heavy atom. The van der Waals surface area contributed by atoms with Crippen molar-refractivity contribution in [2.24, 2.45) is 10.7 Å². The molecule has 116 heavy (non-hydrogen) atoms. The highest BCUT2D eigenvalue weighted by molar-refractivity contribution is 6.29. The van der Waals surface area contributed by atoms with E-state index in [2.05, 4.69) is 27.9 Å². The number of rotatable bonds is 22.